The van der Waals surface area contributed by atoms with Crippen LogP contribution in [0.5, 0.6) is 0 Å². The Kier molecular flexibility index (Phi) is 3.47. The molecular weight excluding hydrogens is 257 g/mol. The molecular formula is C12H8FNO3S. The van der Waals surface area contributed by atoms with Crippen molar-refractivity contribution in [3.63, 3.8) is 0 Å². The number of halogens is 1. The van der Waals surface area contributed by atoms with Crippen LogP contribution >= 0.6 is 11.5 Å². The maximum absolute atomic E-state index is 13.4. The molecule has 1 aromatic carbocycles. The van der Waals surface area contributed by atoms with Gasteiger partial charge in [-0.25, -0.2) is 9.18 Å². The predicted octanol–water partition coefficient (Wildman–Crippen LogP) is 2.55. The van der Waals surface area contributed by atoms with Crippen LogP contribution < -0.4 is 0 Å². The number of benzene rings is 1. The van der Waals surface area contributed by atoms with E-state index in [1.54, 1.807) is 6.07 Å². The smallest absolute Gasteiger partial charge is 0.357 e. The van der Waals surface area contributed by atoms with Gasteiger partial charge in [-0.1, -0.05) is 12.1 Å². The first-order chi connectivity index (χ1) is 8.67. The minimum Gasteiger partial charge on any atom is -0.464 e. The lowest BCUT2D eigenvalue weighted by Crippen LogP contribution is -2.00. The van der Waals surface area contributed by atoms with E-state index in [1.165, 1.54) is 25.3 Å². The second-order valence-corrected chi connectivity index (χ2v) is 4.19. The van der Waals surface area contributed by atoms with E-state index in [9.17, 15) is 14.0 Å². The third-order valence-electron chi connectivity index (χ3n) is 2.34. The highest BCUT2D eigenvalue weighted by Crippen LogP contribution is 2.28. The lowest BCUT2D eigenvalue weighted by atomic mass is 10.1. The molecule has 0 amide bonds. The molecule has 0 N–H and O–H groups in total. The first-order valence-corrected chi connectivity index (χ1v) is 5.73. The molecule has 0 aliphatic rings. The van der Waals surface area contributed by atoms with Gasteiger partial charge in [0, 0.05) is 5.56 Å². The molecule has 0 fully saturated rings. The molecule has 1 aromatic heterocycles. The SMILES string of the molecule is COC(=O)c1cc(-c2cccc(F)c2C=O)sn1. The van der Waals surface area contributed by atoms with Crippen LogP contribution in [-0.2, 0) is 4.74 Å². The van der Waals surface area contributed by atoms with Crippen molar-refractivity contribution >= 4 is 23.8 Å². The number of hydrogen-bond donors (Lipinski definition) is 0. The third-order valence-corrected chi connectivity index (χ3v) is 3.16. The van der Waals surface area contributed by atoms with Gasteiger partial charge >= 0.3 is 5.97 Å². The van der Waals surface area contributed by atoms with Crippen LogP contribution in [0.3, 0.4) is 0 Å². The van der Waals surface area contributed by atoms with E-state index in [0.29, 0.717) is 16.7 Å². The van der Waals surface area contributed by atoms with Gasteiger partial charge in [0.05, 0.1) is 17.6 Å². The lowest BCUT2D eigenvalue weighted by molar-refractivity contribution is 0.0595. The summed E-state index contributed by atoms with van der Waals surface area (Å²) in [4.78, 5) is 22.7. The Bertz CT molecular complexity index is 609. The fourth-order valence-corrected chi connectivity index (χ4v) is 2.24. The third kappa shape index (κ3) is 2.14. The molecule has 0 saturated carbocycles. The van der Waals surface area contributed by atoms with Gasteiger partial charge in [-0.05, 0) is 23.7 Å². The van der Waals surface area contributed by atoms with E-state index in [-0.39, 0.29) is 11.3 Å². The second-order valence-electron chi connectivity index (χ2n) is 3.39. The summed E-state index contributed by atoms with van der Waals surface area (Å²) < 4.78 is 21.9. The van der Waals surface area contributed by atoms with E-state index in [0.717, 1.165) is 11.5 Å². The number of nitrogens with zero attached hydrogens (tertiary/aromatic N) is 1. The minimum absolute atomic E-state index is 0.0439. The maximum atomic E-state index is 13.4. The van der Waals surface area contributed by atoms with E-state index >= 15 is 0 Å². The molecule has 92 valence electrons. The Morgan fingerprint density at radius 2 is 2.28 bits per heavy atom. The normalized spacial score (nSPS) is 10.1. The summed E-state index contributed by atoms with van der Waals surface area (Å²) in [7, 11) is 1.25. The first kappa shape index (κ1) is 12.4. The Labute approximate surface area is 106 Å². The largest absolute Gasteiger partial charge is 0.464 e. The fraction of sp³-hybridized carbons (Fsp3) is 0.0833. The number of rotatable bonds is 3. The number of esters is 1. The van der Waals surface area contributed by atoms with Gasteiger partial charge in [-0.15, -0.1) is 0 Å². The molecule has 6 heteroatoms. The van der Waals surface area contributed by atoms with Crippen LogP contribution in [0.2, 0.25) is 0 Å². The summed E-state index contributed by atoms with van der Waals surface area (Å²) >= 11 is 1.01. The molecule has 18 heavy (non-hydrogen) atoms. The lowest BCUT2D eigenvalue weighted by Gasteiger charge is -2.01. The number of aldehydes is 1. The van der Waals surface area contributed by atoms with Crippen molar-refractivity contribution in [2.24, 2.45) is 0 Å². The Balaban J connectivity index is 2.49. The summed E-state index contributed by atoms with van der Waals surface area (Å²) in [6.07, 6.45) is 0.447. The van der Waals surface area contributed by atoms with Gasteiger partial charge in [0.2, 0.25) is 0 Å². The molecule has 1 heterocycles. The van der Waals surface area contributed by atoms with Gasteiger partial charge in [-0.3, -0.25) is 4.79 Å². The number of aromatic nitrogens is 1. The van der Waals surface area contributed by atoms with Crippen molar-refractivity contribution in [3.8, 4) is 10.4 Å². The molecule has 0 bridgehead atoms. The zero-order valence-electron chi connectivity index (χ0n) is 9.34. The average Bonchev–Trinajstić information content (AvgIpc) is 2.87. The topological polar surface area (TPSA) is 56.3 Å². The number of hydrogen-bond acceptors (Lipinski definition) is 5. The molecule has 2 aromatic rings. The highest BCUT2D eigenvalue weighted by Gasteiger charge is 2.15. The van der Waals surface area contributed by atoms with Crippen LogP contribution in [0.25, 0.3) is 10.4 Å². The standard InChI is InChI=1S/C12H8FNO3S/c1-17-12(16)10-5-11(18-14-10)7-3-2-4-9(13)8(7)6-15/h2-6H,1H3. The number of ether oxygens (including phenoxy) is 1. The van der Waals surface area contributed by atoms with Gasteiger partial charge in [0.25, 0.3) is 0 Å². The zero-order valence-corrected chi connectivity index (χ0v) is 10.2. The van der Waals surface area contributed by atoms with Gasteiger partial charge < -0.3 is 4.74 Å². The minimum atomic E-state index is -0.601. The molecule has 0 radical (unpaired) electrons. The number of methoxy groups -OCH3 is 1. The molecule has 0 saturated heterocycles. The average molecular weight is 265 g/mol. The summed E-state index contributed by atoms with van der Waals surface area (Å²) in [5, 5.41) is 0. The summed E-state index contributed by atoms with van der Waals surface area (Å²) in [6.45, 7) is 0. The van der Waals surface area contributed by atoms with Gasteiger partial charge in [0.15, 0.2) is 12.0 Å². The maximum Gasteiger partial charge on any atom is 0.357 e. The van der Waals surface area contributed by atoms with Gasteiger partial charge in [-0.2, -0.15) is 4.37 Å². The van der Waals surface area contributed by atoms with Crippen LogP contribution in [0.1, 0.15) is 20.8 Å². The van der Waals surface area contributed by atoms with E-state index in [2.05, 4.69) is 9.11 Å². The van der Waals surface area contributed by atoms with Crippen molar-refractivity contribution in [1.29, 1.82) is 0 Å². The molecule has 0 spiro atoms. The summed E-state index contributed by atoms with van der Waals surface area (Å²) in [5.74, 6) is -1.17. The van der Waals surface area contributed by atoms with Crippen molar-refractivity contribution < 1.29 is 18.7 Å². The predicted molar refractivity (Wildman–Crippen MR) is 64.2 cm³/mol. The van der Waals surface area contributed by atoms with Crippen LogP contribution in [0, 0.1) is 5.82 Å². The van der Waals surface area contributed by atoms with Crippen molar-refractivity contribution in [3.05, 3.63) is 41.3 Å². The van der Waals surface area contributed by atoms with Crippen molar-refractivity contribution in [2.75, 3.05) is 7.11 Å². The quantitative estimate of drug-likeness (QED) is 0.632. The summed E-state index contributed by atoms with van der Waals surface area (Å²) in [6, 6.07) is 5.77. The van der Waals surface area contributed by atoms with E-state index < -0.39 is 11.8 Å². The molecule has 2 rings (SSSR count). The zero-order chi connectivity index (χ0) is 13.1. The fourth-order valence-electron chi connectivity index (χ4n) is 1.47. The summed E-state index contributed by atoms with van der Waals surface area (Å²) in [5.41, 5.74) is 0.508. The monoisotopic (exact) mass is 265 g/mol. The van der Waals surface area contributed by atoms with Crippen molar-refractivity contribution in [1.82, 2.24) is 4.37 Å². The highest BCUT2D eigenvalue weighted by atomic mass is 32.1. The highest BCUT2D eigenvalue weighted by molar-refractivity contribution is 7.09. The van der Waals surface area contributed by atoms with Crippen LogP contribution in [0.15, 0.2) is 24.3 Å². The first-order valence-electron chi connectivity index (χ1n) is 4.96. The molecule has 0 aliphatic heterocycles. The molecule has 0 aliphatic carbocycles. The second kappa shape index (κ2) is 5.05. The van der Waals surface area contributed by atoms with Gasteiger partial charge in [0.1, 0.15) is 5.82 Å². The van der Waals surface area contributed by atoms with Crippen LogP contribution in [0.4, 0.5) is 4.39 Å². The van der Waals surface area contributed by atoms with Crippen LogP contribution in [-0.4, -0.2) is 23.7 Å². The Hall–Kier alpha value is -2.08. The van der Waals surface area contributed by atoms with Crippen molar-refractivity contribution in [2.45, 2.75) is 0 Å². The Morgan fingerprint density at radius 3 is 2.94 bits per heavy atom. The Morgan fingerprint density at radius 1 is 1.50 bits per heavy atom. The molecule has 4 nitrogen and oxygen atoms in total. The van der Waals surface area contributed by atoms with E-state index in [4.69, 9.17) is 0 Å². The number of carbonyl (C=O) groups excluding carboxylic acids is 2. The van der Waals surface area contributed by atoms with E-state index in [1.807, 2.05) is 0 Å². The molecule has 0 unspecified atom stereocenters. The number of carbonyl (C=O) groups is 2. The molecule has 0 atom stereocenters.